The van der Waals surface area contributed by atoms with Crippen molar-refractivity contribution >= 4 is 23.6 Å². The van der Waals surface area contributed by atoms with Crippen LogP contribution in [0.1, 0.15) is 46.0 Å². The molecule has 1 saturated carbocycles. The number of hydrogen-bond donors (Lipinski definition) is 1. The molecule has 6 nitrogen and oxygen atoms in total. The van der Waals surface area contributed by atoms with Crippen LogP contribution in [0.2, 0.25) is 0 Å². The summed E-state index contributed by atoms with van der Waals surface area (Å²) in [7, 11) is 0. The van der Waals surface area contributed by atoms with E-state index in [0.29, 0.717) is 44.6 Å². The minimum absolute atomic E-state index is 0.0475. The summed E-state index contributed by atoms with van der Waals surface area (Å²) in [4.78, 5) is 23.1. The Hall–Kier alpha value is -0.790. The van der Waals surface area contributed by atoms with Crippen molar-refractivity contribution in [3.63, 3.8) is 0 Å². The van der Waals surface area contributed by atoms with Crippen LogP contribution in [0.25, 0.3) is 0 Å². The summed E-state index contributed by atoms with van der Waals surface area (Å²) in [6, 6.07) is 0. The van der Waals surface area contributed by atoms with Crippen LogP contribution < -0.4 is 5.32 Å². The Morgan fingerprint density at radius 2 is 1.68 bits per heavy atom. The number of ketones is 1. The van der Waals surface area contributed by atoms with E-state index in [0.717, 1.165) is 25.7 Å². The quantitative estimate of drug-likeness (QED) is 0.529. The van der Waals surface area contributed by atoms with Crippen LogP contribution in [0.5, 0.6) is 0 Å². The van der Waals surface area contributed by atoms with Gasteiger partial charge in [0.15, 0.2) is 0 Å². The predicted octanol–water partition coefficient (Wildman–Crippen LogP) is 3.04. The van der Waals surface area contributed by atoms with E-state index in [9.17, 15) is 9.59 Å². The molecular weight excluding hydrogens is 342 g/mol. The summed E-state index contributed by atoms with van der Waals surface area (Å²) < 4.78 is 16.1. The second-order valence-electron chi connectivity index (χ2n) is 6.56. The zero-order valence-electron chi connectivity index (χ0n) is 15.8. The SMILES string of the molecule is CSC1CCC(OC(=O)NCCOCCOCCC(=O)C(C)C)CC1. The molecule has 0 bridgehead atoms. The minimum atomic E-state index is -0.361. The van der Waals surface area contributed by atoms with Crippen molar-refractivity contribution in [3.8, 4) is 0 Å². The van der Waals surface area contributed by atoms with Gasteiger partial charge in [0.05, 0.1) is 26.4 Å². The first-order valence-corrected chi connectivity index (χ1v) is 10.5. The van der Waals surface area contributed by atoms with Gasteiger partial charge in [-0.3, -0.25) is 4.79 Å². The molecule has 0 aromatic heterocycles. The highest BCUT2D eigenvalue weighted by molar-refractivity contribution is 7.99. The number of carbonyl (C=O) groups is 2. The zero-order chi connectivity index (χ0) is 18.5. The Bertz CT molecular complexity index is 384. The third kappa shape index (κ3) is 10.7. The summed E-state index contributed by atoms with van der Waals surface area (Å²) >= 11 is 1.90. The first-order valence-electron chi connectivity index (χ1n) is 9.18. The molecule has 0 atom stereocenters. The maximum atomic E-state index is 11.7. The molecule has 0 aliphatic heterocycles. The van der Waals surface area contributed by atoms with Crippen LogP contribution in [0.4, 0.5) is 4.79 Å². The number of ether oxygens (including phenoxy) is 3. The van der Waals surface area contributed by atoms with Crippen molar-refractivity contribution in [2.24, 2.45) is 5.92 Å². The van der Waals surface area contributed by atoms with Crippen LogP contribution in [0, 0.1) is 5.92 Å². The van der Waals surface area contributed by atoms with Gasteiger partial charge in [-0.1, -0.05) is 13.8 Å². The molecule has 0 spiro atoms. The third-order valence-corrected chi connectivity index (χ3v) is 5.39. The molecular formula is C18H33NO5S. The van der Waals surface area contributed by atoms with Crippen LogP contribution in [0.15, 0.2) is 0 Å². The standard InChI is InChI=1S/C18H33NO5S/c1-14(2)17(20)8-10-22-12-13-23-11-9-19-18(21)24-15-4-6-16(25-3)7-5-15/h14-16H,4-13H2,1-3H3,(H,19,21). The fraction of sp³-hybridized carbons (Fsp3) is 0.889. The first-order chi connectivity index (χ1) is 12.0. The van der Waals surface area contributed by atoms with Gasteiger partial charge in [0.25, 0.3) is 0 Å². The van der Waals surface area contributed by atoms with Crippen molar-refractivity contribution in [1.82, 2.24) is 5.32 Å². The number of amides is 1. The van der Waals surface area contributed by atoms with Crippen molar-refractivity contribution in [2.45, 2.75) is 57.3 Å². The summed E-state index contributed by atoms with van der Waals surface area (Å²) in [5, 5.41) is 3.42. The van der Waals surface area contributed by atoms with Crippen LogP contribution >= 0.6 is 11.8 Å². The molecule has 0 unspecified atom stereocenters. The molecule has 1 fully saturated rings. The number of alkyl carbamates (subject to hydrolysis) is 1. The highest BCUT2D eigenvalue weighted by Crippen LogP contribution is 2.28. The highest BCUT2D eigenvalue weighted by atomic mass is 32.2. The molecule has 1 rings (SSSR count). The lowest BCUT2D eigenvalue weighted by Crippen LogP contribution is -2.33. The molecule has 1 aliphatic rings. The fourth-order valence-corrected chi connectivity index (χ4v) is 3.33. The smallest absolute Gasteiger partial charge is 0.407 e. The summed E-state index contributed by atoms with van der Waals surface area (Å²) in [5.41, 5.74) is 0. The molecule has 0 aromatic carbocycles. The summed E-state index contributed by atoms with van der Waals surface area (Å²) in [6.45, 7) is 5.95. The van der Waals surface area contributed by atoms with Crippen molar-refractivity contribution in [3.05, 3.63) is 0 Å². The molecule has 1 N–H and O–H groups in total. The topological polar surface area (TPSA) is 73.9 Å². The molecule has 7 heteroatoms. The monoisotopic (exact) mass is 375 g/mol. The fourth-order valence-electron chi connectivity index (χ4n) is 2.59. The first kappa shape index (κ1) is 22.3. The van der Waals surface area contributed by atoms with Crippen molar-refractivity contribution in [2.75, 3.05) is 39.2 Å². The average molecular weight is 376 g/mol. The lowest BCUT2D eigenvalue weighted by molar-refractivity contribution is -0.123. The Morgan fingerprint density at radius 3 is 2.28 bits per heavy atom. The molecule has 0 heterocycles. The maximum absolute atomic E-state index is 11.7. The van der Waals surface area contributed by atoms with Crippen LogP contribution in [-0.4, -0.2) is 62.5 Å². The Balaban J connectivity index is 1.89. The molecule has 1 amide bonds. The normalized spacial score (nSPS) is 20.5. The van der Waals surface area contributed by atoms with Gasteiger partial charge in [-0.2, -0.15) is 11.8 Å². The van der Waals surface area contributed by atoms with Gasteiger partial charge in [-0.15, -0.1) is 0 Å². The second-order valence-corrected chi connectivity index (χ2v) is 7.70. The number of hydrogen-bond acceptors (Lipinski definition) is 6. The zero-order valence-corrected chi connectivity index (χ0v) is 16.6. The molecule has 1 aliphatic carbocycles. The molecule has 0 saturated heterocycles. The third-order valence-electron chi connectivity index (χ3n) is 4.25. The predicted molar refractivity (Wildman–Crippen MR) is 100 cm³/mol. The lowest BCUT2D eigenvalue weighted by atomic mass is 9.97. The van der Waals surface area contributed by atoms with Crippen LogP contribution in [0.3, 0.4) is 0 Å². The number of rotatable bonds is 12. The summed E-state index contributed by atoms with van der Waals surface area (Å²) in [6.07, 6.45) is 6.40. The van der Waals surface area contributed by atoms with Crippen molar-refractivity contribution in [1.29, 1.82) is 0 Å². The van der Waals surface area contributed by atoms with Crippen molar-refractivity contribution < 1.29 is 23.8 Å². The average Bonchev–Trinajstić information content (AvgIpc) is 2.60. The van der Waals surface area contributed by atoms with Gasteiger partial charge in [-0.25, -0.2) is 4.79 Å². The largest absolute Gasteiger partial charge is 0.446 e. The van der Waals surface area contributed by atoms with E-state index in [1.54, 1.807) is 0 Å². The van der Waals surface area contributed by atoms with Gasteiger partial charge < -0.3 is 19.5 Å². The summed E-state index contributed by atoms with van der Waals surface area (Å²) in [5.74, 6) is 0.275. The number of thioether (sulfide) groups is 1. The van der Waals surface area contributed by atoms with Crippen LogP contribution in [-0.2, 0) is 19.0 Å². The lowest BCUT2D eigenvalue weighted by Gasteiger charge is -2.27. The minimum Gasteiger partial charge on any atom is -0.446 e. The van der Waals surface area contributed by atoms with E-state index in [-0.39, 0.29) is 23.9 Å². The van der Waals surface area contributed by atoms with Gasteiger partial charge in [0, 0.05) is 24.1 Å². The maximum Gasteiger partial charge on any atom is 0.407 e. The van der Waals surface area contributed by atoms with E-state index in [1.165, 1.54) is 0 Å². The Kier molecular flexibility index (Phi) is 11.9. The van der Waals surface area contributed by atoms with Gasteiger partial charge in [-0.05, 0) is 31.9 Å². The van der Waals surface area contributed by atoms with Gasteiger partial charge in [0.2, 0.25) is 0 Å². The van der Waals surface area contributed by atoms with Gasteiger partial charge >= 0.3 is 6.09 Å². The number of carbonyl (C=O) groups excluding carboxylic acids is 2. The Morgan fingerprint density at radius 1 is 1.04 bits per heavy atom. The van der Waals surface area contributed by atoms with E-state index < -0.39 is 0 Å². The van der Waals surface area contributed by atoms with E-state index in [2.05, 4.69) is 11.6 Å². The molecule has 146 valence electrons. The number of nitrogens with one attached hydrogen (secondary N) is 1. The Labute approximate surface area is 155 Å². The molecule has 0 radical (unpaired) electrons. The molecule has 0 aromatic rings. The van der Waals surface area contributed by atoms with E-state index >= 15 is 0 Å². The van der Waals surface area contributed by atoms with E-state index in [1.807, 2.05) is 25.6 Å². The number of Topliss-reactive ketones (excluding diaryl/α,β-unsaturated/α-hetero) is 1. The molecule has 25 heavy (non-hydrogen) atoms. The van der Waals surface area contributed by atoms with Gasteiger partial charge in [0.1, 0.15) is 11.9 Å². The van der Waals surface area contributed by atoms with E-state index in [4.69, 9.17) is 14.2 Å². The second kappa shape index (κ2) is 13.4. The highest BCUT2D eigenvalue weighted by Gasteiger charge is 2.23.